The van der Waals surface area contributed by atoms with E-state index in [9.17, 15) is 18.3 Å². The van der Waals surface area contributed by atoms with Crippen molar-refractivity contribution < 1.29 is 23.0 Å². The van der Waals surface area contributed by atoms with Crippen LogP contribution < -0.4 is 15.4 Å². The minimum atomic E-state index is -3.17. The maximum atomic E-state index is 14.4. The lowest BCUT2D eigenvalue weighted by Crippen LogP contribution is -2.34. The summed E-state index contributed by atoms with van der Waals surface area (Å²) in [5.41, 5.74) is 6.57. The molecule has 1 unspecified atom stereocenters. The van der Waals surface area contributed by atoms with Crippen molar-refractivity contribution in [3.63, 3.8) is 0 Å². The summed E-state index contributed by atoms with van der Waals surface area (Å²) in [5.74, 6) is -1.06. The number of ether oxygens (including phenoxy) is 1. The van der Waals surface area contributed by atoms with Crippen LogP contribution in [0.2, 0.25) is 0 Å². The lowest BCUT2D eigenvalue weighted by atomic mass is 9.97. The molecule has 0 bridgehead atoms. The zero-order valence-corrected chi connectivity index (χ0v) is 19.2. The molecule has 0 aliphatic carbocycles. The molecule has 5 rings (SSSR count). The van der Waals surface area contributed by atoms with Gasteiger partial charge in [-0.05, 0) is 32.8 Å². The molecule has 0 saturated carbocycles. The SMILES string of the molecule is CC(C)(O)Cn1cc(N2CCCC(c3nc4c5cc(F)c(OC(F)F)cc5nc(N)n4n3)C2)cn1. The van der Waals surface area contributed by atoms with Crippen LogP contribution in [-0.2, 0) is 6.54 Å². The maximum Gasteiger partial charge on any atom is 0.387 e. The Morgan fingerprint density at radius 1 is 1.29 bits per heavy atom. The smallest absolute Gasteiger partial charge is 0.387 e. The zero-order valence-electron chi connectivity index (χ0n) is 19.2. The quantitative estimate of drug-likeness (QED) is 0.423. The van der Waals surface area contributed by atoms with E-state index in [1.54, 1.807) is 24.7 Å². The van der Waals surface area contributed by atoms with Crippen LogP contribution in [0.25, 0.3) is 16.6 Å². The lowest BCUT2D eigenvalue weighted by Gasteiger charge is -2.32. The lowest BCUT2D eigenvalue weighted by molar-refractivity contribution is -0.0520. The third kappa shape index (κ3) is 4.67. The van der Waals surface area contributed by atoms with E-state index in [1.165, 1.54) is 4.52 Å². The largest absolute Gasteiger partial charge is 0.432 e. The average Bonchev–Trinajstić information content (AvgIpc) is 3.42. The predicted molar refractivity (Wildman–Crippen MR) is 122 cm³/mol. The number of rotatable bonds is 6. The van der Waals surface area contributed by atoms with Crippen molar-refractivity contribution in [1.82, 2.24) is 29.4 Å². The molecule has 1 saturated heterocycles. The van der Waals surface area contributed by atoms with E-state index in [1.807, 2.05) is 6.20 Å². The third-order valence-electron chi connectivity index (χ3n) is 5.90. The normalized spacial score (nSPS) is 17.1. The van der Waals surface area contributed by atoms with E-state index >= 15 is 0 Å². The van der Waals surface area contributed by atoms with Gasteiger partial charge in [0.05, 0.1) is 29.5 Å². The monoisotopic (exact) mass is 490 g/mol. The van der Waals surface area contributed by atoms with Gasteiger partial charge in [-0.1, -0.05) is 0 Å². The van der Waals surface area contributed by atoms with Gasteiger partial charge in [-0.25, -0.2) is 14.4 Å². The first-order valence-corrected chi connectivity index (χ1v) is 11.2. The second-order valence-corrected chi connectivity index (χ2v) is 9.35. The molecule has 13 heteroatoms. The van der Waals surface area contributed by atoms with Crippen LogP contribution in [0, 0.1) is 5.82 Å². The Balaban J connectivity index is 1.45. The number of hydrogen-bond acceptors (Lipinski definition) is 8. The highest BCUT2D eigenvalue weighted by Crippen LogP contribution is 2.32. The Morgan fingerprint density at radius 3 is 2.83 bits per heavy atom. The van der Waals surface area contributed by atoms with Gasteiger partial charge < -0.3 is 20.5 Å². The molecule has 186 valence electrons. The molecule has 35 heavy (non-hydrogen) atoms. The van der Waals surface area contributed by atoms with Gasteiger partial charge >= 0.3 is 6.61 Å². The molecule has 10 nitrogen and oxygen atoms in total. The number of nitrogen functional groups attached to an aromatic ring is 1. The van der Waals surface area contributed by atoms with Crippen LogP contribution in [0.3, 0.4) is 0 Å². The second-order valence-electron chi connectivity index (χ2n) is 9.35. The molecule has 1 fully saturated rings. The first-order valence-electron chi connectivity index (χ1n) is 11.2. The number of hydrogen-bond donors (Lipinski definition) is 2. The van der Waals surface area contributed by atoms with Crippen molar-refractivity contribution in [1.29, 1.82) is 0 Å². The van der Waals surface area contributed by atoms with Gasteiger partial charge in [-0.3, -0.25) is 4.68 Å². The predicted octanol–water partition coefficient (Wildman–Crippen LogP) is 2.95. The number of aromatic nitrogens is 6. The second kappa shape index (κ2) is 8.56. The van der Waals surface area contributed by atoms with Gasteiger partial charge in [-0.15, -0.1) is 5.10 Å². The summed E-state index contributed by atoms with van der Waals surface area (Å²) in [6, 6.07) is 2.13. The number of fused-ring (bicyclic) bond motifs is 3. The summed E-state index contributed by atoms with van der Waals surface area (Å²) >= 11 is 0. The molecular formula is C22H25F3N8O2. The summed E-state index contributed by atoms with van der Waals surface area (Å²) in [6.45, 7) is 2.13. The number of nitrogens with two attached hydrogens (primary N) is 1. The minimum Gasteiger partial charge on any atom is -0.432 e. The van der Waals surface area contributed by atoms with Crippen LogP contribution in [-0.4, -0.2) is 59.8 Å². The molecule has 1 aromatic carbocycles. The average molecular weight is 490 g/mol. The molecule has 0 spiro atoms. The highest BCUT2D eigenvalue weighted by Gasteiger charge is 2.27. The summed E-state index contributed by atoms with van der Waals surface area (Å²) < 4.78 is 46.9. The van der Waals surface area contributed by atoms with E-state index in [-0.39, 0.29) is 22.8 Å². The van der Waals surface area contributed by atoms with Gasteiger partial charge in [-0.2, -0.15) is 18.4 Å². The van der Waals surface area contributed by atoms with E-state index in [0.29, 0.717) is 24.6 Å². The summed E-state index contributed by atoms with van der Waals surface area (Å²) in [4.78, 5) is 11.0. The van der Waals surface area contributed by atoms with Gasteiger partial charge in [0.2, 0.25) is 5.95 Å². The summed E-state index contributed by atoms with van der Waals surface area (Å²) in [7, 11) is 0. The standard InChI is InChI=1S/C22H25F3N8O2/c1-22(2,34)11-32-10-13(8-27-32)31-5-3-4-12(9-31)18-29-19-14-6-15(23)17(35-20(24)25)7-16(14)28-21(26)33(19)30-18/h6-8,10,12,20,34H,3-5,9,11H2,1-2H3,(H2,26,28). The Morgan fingerprint density at radius 2 is 2.09 bits per heavy atom. The Hall–Kier alpha value is -3.61. The number of nitrogens with zero attached hydrogens (tertiary/aromatic N) is 7. The fourth-order valence-electron chi connectivity index (χ4n) is 4.43. The molecular weight excluding hydrogens is 465 g/mol. The first-order chi connectivity index (χ1) is 16.6. The van der Waals surface area contributed by atoms with Crippen molar-refractivity contribution >= 4 is 28.2 Å². The molecule has 0 amide bonds. The van der Waals surface area contributed by atoms with Gasteiger partial charge in [0, 0.05) is 36.7 Å². The van der Waals surface area contributed by atoms with Crippen LogP contribution in [0.15, 0.2) is 24.5 Å². The molecule has 3 aromatic heterocycles. The number of alkyl halides is 2. The van der Waals surface area contributed by atoms with Crippen molar-refractivity contribution in [3.8, 4) is 5.75 Å². The maximum absolute atomic E-state index is 14.4. The topological polar surface area (TPSA) is 120 Å². The van der Waals surface area contributed by atoms with Crippen molar-refractivity contribution in [2.75, 3.05) is 23.7 Å². The highest BCUT2D eigenvalue weighted by atomic mass is 19.3. The molecule has 0 radical (unpaired) electrons. The van der Waals surface area contributed by atoms with Crippen LogP contribution in [0.1, 0.15) is 38.4 Å². The van der Waals surface area contributed by atoms with E-state index < -0.39 is 23.8 Å². The molecule has 1 aliphatic rings. The Kier molecular flexibility index (Phi) is 5.66. The molecule has 3 N–H and O–H groups in total. The van der Waals surface area contributed by atoms with E-state index in [4.69, 9.17) is 5.73 Å². The molecule has 4 heterocycles. The van der Waals surface area contributed by atoms with Crippen molar-refractivity contribution in [2.24, 2.45) is 0 Å². The fraction of sp³-hybridized carbons (Fsp3) is 0.455. The van der Waals surface area contributed by atoms with E-state index in [0.717, 1.165) is 37.2 Å². The first kappa shape index (κ1) is 23.1. The number of benzene rings is 1. The van der Waals surface area contributed by atoms with Gasteiger partial charge in [0.15, 0.2) is 23.0 Å². The minimum absolute atomic E-state index is 0.00131. The number of aliphatic hydroxyl groups is 1. The number of piperidine rings is 1. The van der Waals surface area contributed by atoms with Crippen LogP contribution in [0.4, 0.5) is 24.8 Å². The van der Waals surface area contributed by atoms with E-state index in [2.05, 4.69) is 29.8 Å². The zero-order chi connectivity index (χ0) is 24.9. The highest BCUT2D eigenvalue weighted by molar-refractivity contribution is 5.93. The molecule has 1 aliphatic heterocycles. The third-order valence-corrected chi connectivity index (χ3v) is 5.90. The van der Waals surface area contributed by atoms with Crippen LogP contribution >= 0.6 is 0 Å². The Labute approximate surface area is 198 Å². The molecule has 4 aromatic rings. The number of anilines is 2. The Bertz CT molecular complexity index is 1380. The molecule has 1 atom stereocenters. The van der Waals surface area contributed by atoms with Crippen molar-refractivity contribution in [2.45, 2.75) is 51.4 Å². The number of halogens is 3. The van der Waals surface area contributed by atoms with Gasteiger partial charge in [0.25, 0.3) is 0 Å². The summed E-state index contributed by atoms with van der Waals surface area (Å²) in [5, 5.41) is 19.2. The van der Waals surface area contributed by atoms with Crippen LogP contribution in [0.5, 0.6) is 5.75 Å². The fourth-order valence-corrected chi connectivity index (χ4v) is 4.43. The van der Waals surface area contributed by atoms with Gasteiger partial charge in [0.1, 0.15) is 0 Å². The van der Waals surface area contributed by atoms with Crippen molar-refractivity contribution in [3.05, 3.63) is 36.2 Å². The summed E-state index contributed by atoms with van der Waals surface area (Å²) in [6.07, 6.45) is 5.41.